The molecule has 0 radical (unpaired) electrons. The van der Waals surface area contributed by atoms with Crippen molar-refractivity contribution in [1.82, 2.24) is 0 Å². The Morgan fingerprint density at radius 3 is 1.12 bits per heavy atom. The molecule has 1 aromatic rings. The van der Waals surface area contributed by atoms with Gasteiger partial charge in [-0.05, 0) is 0 Å². The quantitative estimate of drug-likeness (QED) is 0.298. The first kappa shape index (κ1) is 14.2. The molecule has 0 aliphatic rings. The third-order valence-corrected chi connectivity index (χ3v) is 4.11. The Morgan fingerprint density at radius 2 is 0.875 bits per heavy atom. The second-order valence-corrected chi connectivity index (χ2v) is 11.8. The summed E-state index contributed by atoms with van der Waals surface area (Å²) in [4.78, 5) is -6.16. The van der Waals surface area contributed by atoms with Crippen LogP contribution >= 0.6 is 38.7 Å². The average Bonchev–Trinajstić information content (AvgIpc) is 2.08. The SMILES string of the molecule is Fc1c(F)c(F)c(P(F)(Cl)(Cl)Cl)c(F)c1F. The predicted molar refractivity (Wildman–Crippen MR) is 51.5 cm³/mol. The standard InChI is InChI=1S/C6Cl3F6P/c7-16(8,9,15)6-4(13)2(11)1(10)3(12)5(6)14. The third-order valence-electron chi connectivity index (χ3n) is 1.52. The van der Waals surface area contributed by atoms with Gasteiger partial charge in [0.25, 0.3) is 0 Å². The van der Waals surface area contributed by atoms with E-state index in [-0.39, 0.29) is 0 Å². The summed E-state index contributed by atoms with van der Waals surface area (Å²) in [7, 11) is 0. The molecule has 10 heteroatoms. The second-order valence-electron chi connectivity index (χ2n) is 2.64. The van der Waals surface area contributed by atoms with Crippen molar-refractivity contribution in [3.05, 3.63) is 29.1 Å². The molecule has 0 heterocycles. The maximum absolute atomic E-state index is 13.3. The first-order chi connectivity index (χ1) is 6.93. The number of halogens is 9. The molecule has 0 unspecified atom stereocenters. The molecule has 0 saturated heterocycles. The molecule has 1 aromatic carbocycles. The van der Waals surface area contributed by atoms with Gasteiger partial charge in [0.1, 0.15) is 0 Å². The summed E-state index contributed by atoms with van der Waals surface area (Å²) < 4.78 is 77.0. The molecule has 0 aromatic heterocycles. The van der Waals surface area contributed by atoms with E-state index in [1.54, 1.807) is 0 Å². The Labute approximate surface area is 99.5 Å². The van der Waals surface area contributed by atoms with E-state index in [4.69, 9.17) is 33.7 Å². The van der Waals surface area contributed by atoms with E-state index in [2.05, 4.69) is 0 Å². The molecule has 1 rings (SSSR count). The average molecular weight is 323 g/mol. The monoisotopic (exact) mass is 322 g/mol. The van der Waals surface area contributed by atoms with Gasteiger partial charge in [0, 0.05) is 0 Å². The Hall–Kier alpha value is 0.1000. The predicted octanol–water partition coefficient (Wildman–Crippen LogP) is 4.91. The summed E-state index contributed by atoms with van der Waals surface area (Å²) in [5, 5.41) is -2.05. The Bertz CT molecular complexity index is 429. The van der Waals surface area contributed by atoms with Crippen LogP contribution in [0.5, 0.6) is 0 Å². The number of hydrogen-bond acceptors (Lipinski definition) is 0. The third kappa shape index (κ3) is 2.35. The van der Waals surface area contributed by atoms with Crippen LogP contribution in [-0.2, 0) is 0 Å². The molecule has 0 spiro atoms. The summed E-state index contributed by atoms with van der Waals surface area (Å²) in [5.41, 5.74) is 0. The van der Waals surface area contributed by atoms with Crippen LogP contribution in [0.3, 0.4) is 0 Å². The van der Waals surface area contributed by atoms with Gasteiger partial charge in [0.2, 0.25) is 0 Å². The zero-order chi connectivity index (χ0) is 12.9. The summed E-state index contributed by atoms with van der Waals surface area (Å²) in [6.45, 7) is 0. The van der Waals surface area contributed by atoms with Crippen molar-refractivity contribution < 1.29 is 26.1 Å². The first-order valence-corrected chi connectivity index (χ1v) is 8.19. The zero-order valence-corrected chi connectivity index (χ0v) is 10.0. The molecule has 0 amide bonds. The molecule has 0 atom stereocenters. The van der Waals surface area contributed by atoms with Gasteiger partial charge in [0.15, 0.2) is 0 Å². The Kier molecular flexibility index (Phi) is 3.37. The number of benzene rings is 1. The summed E-state index contributed by atoms with van der Waals surface area (Å²) in [6, 6.07) is 0. The Balaban J connectivity index is 3.80. The summed E-state index contributed by atoms with van der Waals surface area (Å²) in [5.74, 6) is -12.2. The van der Waals surface area contributed by atoms with E-state index in [0.717, 1.165) is 0 Å². The molecule has 0 fully saturated rings. The van der Waals surface area contributed by atoms with Crippen LogP contribution in [0.15, 0.2) is 0 Å². The molecule has 16 heavy (non-hydrogen) atoms. The molecule has 92 valence electrons. The van der Waals surface area contributed by atoms with Crippen LogP contribution in [0.1, 0.15) is 0 Å². The Morgan fingerprint density at radius 1 is 0.625 bits per heavy atom. The van der Waals surface area contributed by atoms with E-state index < -0.39 is 39.4 Å². The van der Waals surface area contributed by atoms with E-state index in [0.29, 0.717) is 0 Å². The number of rotatable bonds is 1. The van der Waals surface area contributed by atoms with Crippen molar-refractivity contribution in [2.24, 2.45) is 0 Å². The second kappa shape index (κ2) is 3.80. The van der Waals surface area contributed by atoms with E-state index >= 15 is 0 Å². The van der Waals surface area contributed by atoms with Crippen molar-refractivity contribution in [3.63, 3.8) is 0 Å². The summed E-state index contributed by atoms with van der Waals surface area (Å²) in [6.07, 6.45) is 0. The van der Waals surface area contributed by atoms with Gasteiger partial charge in [-0.15, -0.1) is 0 Å². The maximum atomic E-state index is 13.3. The van der Waals surface area contributed by atoms with Crippen molar-refractivity contribution in [1.29, 1.82) is 0 Å². The van der Waals surface area contributed by atoms with Gasteiger partial charge in [0.05, 0.1) is 0 Å². The molecule has 0 bridgehead atoms. The normalized spacial score (nSPS) is 14.7. The van der Waals surface area contributed by atoms with Crippen molar-refractivity contribution in [2.45, 2.75) is 0 Å². The fraction of sp³-hybridized carbons (Fsp3) is 0. The van der Waals surface area contributed by atoms with Crippen LogP contribution in [0.2, 0.25) is 0 Å². The molecule has 0 aliphatic carbocycles. The van der Waals surface area contributed by atoms with E-state index in [1.807, 2.05) is 0 Å². The van der Waals surface area contributed by atoms with Crippen LogP contribution in [0.4, 0.5) is 26.1 Å². The van der Waals surface area contributed by atoms with E-state index in [1.165, 1.54) is 0 Å². The van der Waals surface area contributed by atoms with Crippen molar-refractivity contribution in [2.75, 3.05) is 0 Å². The first-order valence-electron chi connectivity index (χ1n) is 3.34. The summed E-state index contributed by atoms with van der Waals surface area (Å²) >= 11 is 14.3. The van der Waals surface area contributed by atoms with Gasteiger partial charge in [-0.25, -0.2) is 0 Å². The fourth-order valence-corrected chi connectivity index (χ4v) is 3.02. The molecule has 0 aliphatic heterocycles. The van der Waals surface area contributed by atoms with Gasteiger partial charge in [-0.3, -0.25) is 0 Å². The molecule has 0 N–H and O–H groups in total. The topological polar surface area (TPSA) is 0 Å². The number of hydrogen-bond donors (Lipinski definition) is 0. The fourth-order valence-electron chi connectivity index (χ4n) is 0.890. The van der Waals surface area contributed by atoms with E-state index in [9.17, 15) is 26.1 Å². The van der Waals surface area contributed by atoms with Crippen molar-refractivity contribution in [3.8, 4) is 0 Å². The van der Waals surface area contributed by atoms with Crippen LogP contribution < -0.4 is 5.30 Å². The molecular formula is C6Cl3F6P. The van der Waals surface area contributed by atoms with Crippen LogP contribution in [0.25, 0.3) is 0 Å². The van der Waals surface area contributed by atoms with Gasteiger partial charge in [-0.2, -0.15) is 0 Å². The molecular weight excluding hydrogens is 323 g/mol. The zero-order valence-electron chi connectivity index (χ0n) is 6.85. The van der Waals surface area contributed by atoms with Crippen molar-refractivity contribution >= 4 is 44.0 Å². The minimum absolute atomic E-state index is 2.05. The van der Waals surface area contributed by atoms with Gasteiger partial charge < -0.3 is 0 Å². The minimum atomic E-state index is -6.16. The molecule has 0 saturated carbocycles. The van der Waals surface area contributed by atoms with Gasteiger partial charge >= 0.3 is 99.2 Å². The van der Waals surface area contributed by atoms with Gasteiger partial charge in [-0.1, -0.05) is 0 Å². The van der Waals surface area contributed by atoms with Crippen LogP contribution in [-0.4, -0.2) is 0 Å². The molecule has 0 nitrogen and oxygen atoms in total. The van der Waals surface area contributed by atoms with Crippen LogP contribution in [0, 0.1) is 29.1 Å².